The predicted octanol–water partition coefficient (Wildman–Crippen LogP) is 0.746. The normalized spacial score (nSPS) is 28.7. The van der Waals surface area contributed by atoms with Crippen LogP contribution >= 0.6 is 0 Å². The van der Waals surface area contributed by atoms with E-state index in [0.717, 1.165) is 50.6 Å². The molecule has 0 spiro atoms. The number of ether oxygens (including phenoxy) is 1. The molecule has 3 unspecified atom stereocenters. The number of fused-ring (bicyclic) bond motifs is 1. The summed E-state index contributed by atoms with van der Waals surface area (Å²) in [5.41, 5.74) is 0. The van der Waals surface area contributed by atoms with Gasteiger partial charge in [0.15, 0.2) is 0 Å². The molecule has 0 radical (unpaired) electrons. The molecular formula is C13H22N4O. The van der Waals surface area contributed by atoms with E-state index >= 15 is 0 Å². The van der Waals surface area contributed by atoms with E-state index in [1.165, 1.54) is 0 Å². The zero-order valence-electron chi connectivity index (χ0n) is 11.2. The molecule has 0 aliphatic carbocycles. The highest BCUT2D eigenvalue weighted by Crippen LogP contribution is 2.30. The Morgan fingerprint density at radius 2 is 2.17 bits per heavy atom. The number of imidazole rings is 1. The van der Waals surface area contributed by atoms with Crippen molar-refractivity contribution in [3.05, 3.63) is 12.4 Å². The van der Waals surface area contributed by atoms with E-state index in [-0.39, 0.29) is 0 Å². The molecule has 2 aliphatic heterocycles. The number of rotatable bonds is 4. The molecule has 0 amide bonds. The third-order valence-corrected chi connectivity index (χ3v) is 4.20. The molecule has 2 saturated heterocycles. The Morgan fingerprint density at radius 3 is 2.83 bits per heavy atom. The van der Waals surface area contributed by atoms with Crippen molar-refractivity contribution in [3.8, 4) is 0 Å². The van der Waals surface area contributed by atoms with Crippen LogP contribution in [-0.2, 0) is 4.74 Å². The smallest absolute Gasteiger partial charge is 0.205 e. The van der Waals surface area contributed by atoms with E-state index in [9.17, 15) is 0 Å². The number of nitrogens with zero attached hydrogens (tertiary/aromatic N) is 3. The minimum Gasteiger partial charge on any atom is -0.383 e. The average molecular weight is 250 g/mol. The fourth-order valence-electron chi connectivity index (χ4n) is 3.23. The Kier molecular flexibility index (Phi) is 3.26. The molecule has 1 aromatic heterocycles. The van der Waals surface area contributed by atoms with Gasteiger partial charge in [0, 0.05) is 45.7 Å². The first-order valence-electron chi connectivity index (χ1n) is 6.77. The monoisotopic (exact) mass is 250 g/mol. The van der Waals surface area contributed by atoms with Gasteiger partial charge in [-0.25, -0.2) is 4.98 Å². The van der Waals surface area contributed by atoms with Crippen molar-refractivity contribution in [2.45, 2.75) is 13.0 Å². The lowest BCUT2D eigenvalue weighted by atomic mass is 10.0. The third-order valence-electron chi connectivity index (χ3n) is 4.20. The molecule has 0 aromatic carbocycles. The number of anilines is 1. The van der Waals surface area contributed by atoms with Crippen LogP contribution in [0.15, 0.2) is 12.4 Å². The quantitative estimate of drug-likeness (QED) is 0.856. The molecule has 18 heavy (non-hydrogen) atoms. The van der Waals surface area contributed by atoms with Crippen molar-refractivity contribution in [1.82, 2.24) is 14.9 Å². The van der Waals surface area contributed by atoms with E-state index < -0.39 is 0 Å². The van der Waals surface area contributed by atoms with E-state index in [2.05, 4.69) is 32.9 Å². The lowest BCUT2D eigenvalue weighted by molar-refractivity contribution is 0.162. The Morgan fingerprint density at radius 1 is 1.44 bits per heavy atom. The minimum absolute atomic E-state index is 0.339. The Bertz CT molecular complexity index is 393. The summed E-state index contributed by atoms with van der Waals surface area (Å²) >= 11 is 0. The van der Waals surface area contributed by atoms with Crippen LogP contribution in [0.25, 0.3) is 0 Å². The van der Waals surface area contributed by atoms with E-state index in [0.29, 0.717) is 6.04 Å². The molecule has 0 saturated carbocycles. The van der Waals surface area contributed by atoms with Gasteiger partial charge in [0.1, 0.15) is 0 Å². The lowest BCUT2D eigenvalue weighted by Gasteiger charge is -2.23. The van der Waals surface area contributed by atoms with Crippen LogP contribution in [0, 0.1) is 11.8 Å². The summed E-state index contributed by atoms with van der Waals surface area (Å²) in [6.07, 6.45) is 3.96. The summed E-state index contributed by atoms with van der Waals surface area (Å²) in [6, 6.07) is 0.339. The third kappa shape index (κ3) is 2.01. The average Bonchev–Trinajstić information content (AvgIpc) is 3.03. The molecule has 2 fully saturated rings. The molecule has 1 aromatic rings. The van der Waals surface area contributed by atoms with E-state index in [1.807, 2.05) is 6.20 Å². The van der Waals surface area contributed by atoms with Crippen molar-refractivity contribution in [2.75, 3.05) is 44.8 Å². The summed E-state index contributed by atoms with van der Waals surface area (Å²) < 4.78 is 7.48. The van der Waals surface area contributed by atoms with Gasteiger partial charge in [-0.1, -0.05) is 0 Å². The molecule has 3 rings (SSSR count). The van der Waals surface area contributed by atoms with Gasteiger partial charge in [-0.2, -0.15) is 0 Å². The van der Waals surface area contributed by atoms with Crippen LogP contribution in [-0.4, -0.2) is 49.4 Å². The fourth-order valence-corrected chi connectivity index (χ4v) is 3.23. The van der Waals surface area contributed by atoms with Crippen LogP contribution in [0.3, 0.4) is 0 Å². The van der Waals surface area contributed by atoms with Crippen molar-refractivity contribution in [2.24, 2.45) is 11.8 Å². The maximum absolute atomic E-state index is 5.24. The van der Waals surface area contributed by atoms with Crippen molar-refractivity contribution < 1.29 is 4.74 Å². The van der Waals surface area contributed by atoms with Gasteiger partial charge in [0.2, 0.25) is 5.95 Å². The number of hydrogen-bond donors (Lipinski definition) is 1. The van der Waals surface area contributed by atoms with Gasteiger partial charge in [-0.05, 0) is 18.8 Å². The minimum atomic E-state index is 0.339. The summed E-state index contributed by atoms with van der Waals surface area (Å²) in [6.45, 7) is 7.49. The van der Waals surface area contributed by atoms with E-state index in [4.69, 9.17) is 4.74 Å². The van der Waals surface area contributed by atoms with Crippen molar-refractivity contribution >= 4 is 5.95 Å². The zero-order chi connectivity index (χ0) is 12.5. The molecule has 3 heterocycles. The number of nitrogens with one attached hydrogen (secondary N) is 1. The number of methoxy groups -OCH3 is 1. The lowest BCUT2D eigenvalue weighted by Crippen LogP contribution is -2.29. The molecule has 0 bridgehead atoms. The summed E-state index contributed by atoms with van der Waals surface area (Å²) in [7, 11) is 1.75. The van der Waals surface area contributed by atoms with Gasteiger partial charge < -0.3 is 19.5 Å². The first-order valence-corrected chi connectivity index (χ1v) is 6.77. The number of aromatic nitrogens is 2. The van der Waals surface area contributed by atoms with Crippen molar-refractivity contribution in [1.29, 1.82) is 0 Å². The molecule has 3 atom stereocenters. The predicted molar refractivity (Wildman–Crippen MR) is 70.9 cm³/mol. The second kappa shape index (κ2) is 4.90. The molecule has 1 N–H and O–H groups in total. The zero-order valence-corrected chi connectivity index (χ0v) is 11.2. The Labute approximate surface area is 108 Å². The van der Waals surface area contributed by atoms with Crippen LogP contribution < -0.4 is 10.2 Å². The first-order chi connectivity index (χ1) is 8.79. The van der Waals surface area contributed by atoms with Gasteiger partial charge in [0.25, 0.3) is 0 Å². The highest BCUT2D eigenvalue weighted by atomic mass is 16.5. The molecular weight excluding hydrogens is 228 g/mol. The van der Waals surface area contributed by atoms with Crippen LogP contribution in [0.5, 0.6) is 0 Å². The molecule has 100 valence electrons. The highest BCUT2D eigenvalue weighted by Gasteiger charge is 2.37. The van der Waals surface area contributed by atoms with Crippen LogP contribution in [0.2, 0.25) is 0 Å². The summed E-state index contributed by atoms with van der Waals surface area (Å²) in [5, 5.41) is 3.47. The fraction of sp³-hybridized carbons (Fsp3) is 0.769. The van der Waals surface area contributed by atoms with Crippen LogP contribution in [0.1, 0.15) is 13.0 Å². The first kappa shape index (κ1) is 12.0. The second-order valence-corrected chi connectivity index (χ2v) is 5.52. The number of hydrogen-bond acceptors (Lipinski definition) is 4. The second-order valence-electron chi connectivity index (χ2n) is 5.52. The van der Waals surface area contributed by atoms with Gasteiger partial charge in [0.05, 0.1) is 12.6 Å². The maximum Gasteiger partial charge on any atom is 0.205 e. The largest absolute Gasteiger partial charge is 0.383 e. The Hall–Kier alpha value is -1.07. The summed E-state index contributed by atoms with van der Waals surface area (Å²) in [5.74, 6) is 2.70. The summed E-state index contributed by atoms with van der Waals surface area (Å²) in [4.78, 5) is 6.97. The standard InChI is InChI=1S/C13H22N4O/c1-10(9-18-2)17-4-3-15-13(17)16-7-11-5-14-6-12(11)8-16/h3-4,10-12,14H,5-9H2,1-2H3. The van der Waals surface area contributed by atoms with Gasteiger partial charge in [-0.3, -0.25) is 0 Å². The maximum atomic E-state index is 5.24. The molecule has 5 nitrogen and oxygen atoms in total. The molecule has 5 heteroatoms. The molecule has 2 aliphatic rings. The topological polar surface area (TPSA) is 42.3 Å². The van der Waals surface area contributed by atoms with Crippen LogP contribution in [0.4, 0.5) is 5.95 Å². The highest BCUT2D eigenvalue weighted by molar-refractivity contribution is 5.35. The SMILES string of the molecule is COCC(C)n1ccnc1N1CC2CNCC2C1. The van der Waals surface area contributed by atoms with Gasteiger partial charge >= 0.3 is 0 Å². The van der Waals surface area contributed by atoms with E-state index in [1.54, 1.807) is 7.11 Å². The van der Waals surface area contributed by atoms with Crippen molar-refractivity contribution in [3.63, 3.8) is 0 Å². The Balaban J connectivity index is 1.75. The van der Waals surface area contributed by atoms with Gasteiger partial charge in [-0.15, -0.1) is 0 Å².